The molecule has 53 heavy (non-hydrogen) atoms. The molecule has 0 atom stereocenters. The normalized spacial score (nSPS) is 10.6. The monoisotopic (exact) mass is 687 g/mol. The number of nitrogens with one attached hydrogen (secondary N) is 1. The number of ether oxygens (including phenoxy) is 2. The molecule has 8 aromatic carbocycles. The van der Waals surface area contributed by atoms with Gasteiger partial charge in [0, 0.05) is 45.5 Å². The molecule has 0 aliphatic heterocycles. The van der Waals surface area contributed by atoms with Crippen LogP contribution in [0.15, 0.2) is 218 Å². The van der Waals surface area contributed by atoms with Crippen LogP contribution in [0.25, 0.3) is 0 Å². The van der Waals surface area contributed by atoms with Gasteiger partial charge in [0.25, 0.3) is 0 Å². The lowest BCUT2D eigenvalue weighted by Gasteiger charge is -2.25. The molecule has 0 radical (unpaired) electrons. The summed E-state index contributed by atoms with van der Waals surface area (Å²) in [5, 5.41) is 3.47. The van der Waals surface area contributed by atoms with E-state index in [9.17, 15) is 0 Å². The van der Waals surface area contributed by atoms with Crippen LogP contribution < -0.4 is 24.6 Å². The predicted molar refractivity (Wildman–Crippen MR) is 219 cm³/mol. The molecule has 8 aromatic rings. The van der Waals surface area contributed by atoms with Gasteiger partial charge in [0.15, 0.2) is 0 Å². The van der Waals surface area contributed by atoms with Crippen molar-refractivity contribution >= 4 is 45.5 Å². The van der Waals surface area contributed by atoms with Gasteiger partial charge in [0.2, 0.25) is 0 Å². The van der Waals surface area contributed by atoms with Crippen LogP contribution in [0.3, 0.4) is 0 Å². The third-order valence-electron chi connectivity index (χ3n) is 8.72. The fraction of sp³-hybridized carbons (Fsp3) is 0. The maximum atomic E-state index is 6.20. The van der Waals surface area contributed by atoms with Gasteiger partial charge in [-0.1, -0.05) is 72.8 Å². The molecular weight excluding hydrogens is 651 g/mol. The van der Waals surface area contributed by atoms with Gasteiger partial charge in [-0.2, -0.15) is 0 Å². The van der Waals surface area contributed by atoms with Gasteiger partial charge in [-0.15, -0.1) is 0 Å². The maximum Gasteiger partial charge on any atom is 0.127 e. The van der Waals surface area contributed by atoms with Gasteiger partial charge in [0.05, 0.1) is 0 Å². The van der Waals surface area contributed by atoms with E-state index in [4.69, 9.17) is 9.47 Å². The Morgan fingerprint density at radius 2 is 0.472 bits per heavy atom. The van der Waals surface area contributed by atoms with Crippen LogP contribution in [-0.4, -0.2) is 0 Å². The number of anilines is 8. The Labute approximate surface area is 310 Å². The van der Waals surface area contributed by atoms with Gasteiger partial charge in [-0.3, -0.25) is 0 Å². The highest BCUT2D eigenvalue weighted by Crippen LogP contribution is 2.37. The van der Waals surface area contributed by atoms with Crippen molar-refractivity contribution in [3.05, 3.63) is 218 Å². The second-order valence-corrected chi connectivity index (χ2v) is 12.4. The first-order valence-corrected chi connectivity index (χ1v) is 17.6. The first-order chi connectivity index (χ1) is 26.2. The van der Waals surface area contributed by atoms with E-state index in [0.717, 1.165) is 68.5 Å². The summed E-state index contributed by atoms with van der Waals surface area (Å²) in [6.45, 7) is 0. The average Bonchev–Trinajstić information content (AvgIpc) is 3.22. The Bertz CT molecular complexity index is 2070. The second-order valence-electron chi connectivity index (χ2n) is 12.4. The summed E-state index contributed by atoms with van der Waals surface area (Å²) in [7, 11) is 0. The van der Waals surface area contributed by atoms with Crippen molar-refractivity contribution in [2.75, 3.05) is 15.1 Å². The van der Waals surface area contributed by atoms with Crippen molar-refractivity contribution in [1.82, 2.24) is 0 Å². The fourth-order valence-electron chi connectivity index (χ4n) is 6.18. The van der Waals surface area contributed by atoms with E-state index in [2.05, 4.69) is 136 Å². The number of hydrogen-bond donors (Lipinski definition) is 1. The Hall–Kier alpha value is -7.24. The largest absolute Gasteiger partial charge is 0.457 e. The SMILES string of the molecule is c1ccc(N(c2ccccc2)c2ccc(Oc3ccc(Nc4ccc(Oc5ccc(N(c6ccccc6)c6ccccc6)cc5)cc4)cc3)cc2)cc1. The lowest BCUT2D eigenvalue weighted by Crippen LogP contribution is -2.09. The van der Waals surface area contributed by atoms with E-state index < -0.39 is 0 Å². The molecule has 0 aliphatic rings. The minimum absolute atomic E-state index is 0.761. The van der Waals surface area contributed by atoms with Crippen LogP contribution in [0.5, 0.6) is 23.0 Å². The molecule has 0 unspecified atom stereocenters. The summed E-state index contributed by atoms with van der Waals surface area (Å²) in [5.74, 6) is 3.06. The minimum atomic E-state index is 0.761. The molecule has 0 aliphatic carbocycles. The zero-order valence-electron chi connectivity index (χ0n) is 29.0. The van der Waals surface area contributed by atoms with Crippen LogP contribution in [0.2, 0.25) is 0 Å². The molecule has 8 rings (SSSR count). The molecule has 0 spiro atoms. The van der Waals surface area contributed by atoms with E-state index in [1.165, 1.54) is 0 Å². The standard InChI is InChI=1S/C48H37N3O2/c1-5-13-39(14-6-1)50(40-15-7-2-8-16-40)43-25-33-47(34-26-43)52-45-29-21-37(22-30-45)49-38-23-31-46(32-24-38)53-48-35-27-44(28-36-48)51(41-17-9-3-10-18-41)42-19-11-4-12-20-42/h1-36,49H. The average molecular weight is 688 g/mol. The van der Waals surface area contributed by atoms with E-state index in [-0.39, 0.29) is 0 Å². The minimum Gasteiger partial charge on any atom is -0.457 e. The summed E-state index contributed by atoms with van der Waals surface area (Å²) >= 11 is 0. The number of rotatable bonds is 12. The number of para-hydroxylation sites is 4. The molecule has 0 aromatic heterocycles. The first-order valence-electron chi connectivity index (χ1n) is 17.6. The van der Waals surface area contributed by atoms with E-state index >= 15 is 0 Å². The van der Waals surface area contributed by atoms with Crippen molar-refractivity contribution < 1.29 is 9.47 Å². The zero-order valence-corrected chi connectivity index (χ0v) is 29.0. The molecule has 0 saturated heterocycles. The molecule has 5 nitrogen and oxygen atoms in total. The van der Waals surface area contributed by atoms with E-state index in [1.807, 2.05) is 97.1 Å². The van der Waals surface area contributed by atoms with Crippen molar-refractivity contribution in [1.29, 1.82) is 0 Å². The van der Waals surface area contributed by atoms with E-state index in [1.54, 1.807) is 0 Å². The molecule has 0 saturated carbocycles. The number of hydrogen-bond acceptors (Lipinski definition) is 5. The Kier molecular flexibility index (Phi) is 9.79. The van der Waals surface area contributed by atoms with Gasteiger partial charge in [-0.25, -0.2) is 0 Å². The summed E-state index contributed by atoms with van der Waals surface area (Å²) in [6.07, 6.45) is 0. The van der Waals surface area contributed by atoms with Crippen LogP contribution >= 0.6 is 0 Å². The van der Waals surface area contributed by atoms with Crippen molar-refractivity contribution in [3.63, 3.8) is 0 Å². The Balaban J connectivity index is 0.882. The van der Waals surface area contributed by atoms with Crippen molar-refractivity contribution in [2.45, 2.75) is 0 Å². The highest BCUT2D eigenvalue weighted by Gasteiger charge is 2.13. The fourth-order valence-corrected chi connectivity index (χ4v) is 6.18. The van der Waals surface area contributed by atoms with Gasteiger partial charge in [0.1, 0.15) is 23.0 Å². The highest BCUT2D eigenvalue weighted by molar-refractivity contribution is 5.78. The smallest absolute Gasteiger partial charge is 0.127 e. The summed E-state index contributed by atoms with van der Waals surface area (Å²) < 4.78 is 12.4. The van der Waals surface area contributed by atoms with Crippen LogP contribution in [0.4, 0.5) is 45.5 Å². The molecular formula is C48H37N3O2. The maximum absolute atomic E-state index is 6.20. The molecule has 5 heteroatoms. The quantitative estimate of drug-likeness (QED) is 0.138. The summed E-state index contributed by atoms with van der Waals surface area (Å²) in [6, 6.07) is 73.7. The van der Waals surface area contributed by atoms with Gasteiger partial charge < -0.3 is 24.6 Å². The van der Waals surface area contributed by atoms with Crippen molar-refractivity contribution in [2.24, 2.45) is 0 Å². The molecule has 0 fully saturated rings. The van der Waals surface area contributed by atoms with Gasteiger partial charge in [-0.05, 0) is 146 Å². The highest BCUT2D eigenvalue weighted by atomic mass is 16.5. The number of benzene rings is 8. The summed E-state index contributed by atoms with van der Waals surface area (Å²) in [4.78, 5) is 4.46. The lowest BCUT2D eigenvalue weighted by molar-refractivity contribution is 0.482. The summed E-state index contributed by atoms with van der Waals surface area (Å²) in [5.41, 5.74) is 8.40. The molecule has 256 valence electrons. The van der Waals surface area contributed by atoms with Crippen LogP contribution in [0.1, 0.15) is 0 Å². The number of nitrogens with zero attached hydrogens (tertiary/aromatic N) is 2. The lowest BCUT2D eigenvalue weighted by atomic mass is 10.2. The molecule has 0 bridgehead atoms. The van der Waals surface area contributed by atoms with Crippen LogP contribution in [0, 0.1) is 0 Å². The predicted octanol–water partition coefficient (Wildman–Crippen LogP) is 14.0. The van der Waals surface area contributed by atoms with Crippen LogP contribution in [-0.2, 0) is 0 Å². The zero-order chi connectivity index (χ0) is 35.7. The topological polar surface area (TPSA) is 37.0 Å². The van der Waals surface area contributed by atoms with Crippen molar-refractivity contribution in [3.8, 4) is 23.0 Å². The first kappa shape index (κ1) is 32.9. The molecule has 0 amide bonds. The molecule has 1 N–H and O–H groups in total. The second kappa shape index (κ2) is 15.8. The third-order valence-corrected chi connectivity index (χ3v) is 8.72. The van der Waals surface area contributed by atoms with E-state index in [0.29, 0.717) is 0 Å². The Morgan fingerprint density at radius 1 is 0.245 bits per heavy atom. The molecule has 0 heterocycles. The van der Waals surface area contributed by atoms with Gasteiger partial charge >= 0.3 is 0 Å². The Morgan fingerprint density at radius 3 is 0.736 bits per heavy atom. The third kappa shape index (κ3) is 8.06.